The minimum atomic E-state index is -3.82. The van der Waals surface area contributed by atoms with Gasteiger partial charge in [0.05, 0.1) is 11.7 Å². The molecule has 2 atom stereocenters. The van der Waals surface area contributed by atoms with Gasteiger partial charge < -0.3 is 5.73 Å². The molecule has 7 heteroatoms. The third kappa shape index (κ3) is 1.55. The second-order valence-electron chi connectivity index (χ2n) is 4.01. The number of amides is 1. The van der Waals surface area contributed by atoms with E-state index in [1.165, 1.54) is 6.92 Å². The lowest BCUT2D eigenvalue weighted by Gasteiger charge is -2.21. The lowest BCUT2D eigenvalue weighted by atomic mass is 9.90. The van der Waals surface area contributed by atoms with Crippen LogP contribution in [0, 0.1) is 5.92 Å². The van der Waals surface area contributed by atoms with Crippen molar-refractivity contribution in [3.63, 3.8) is 0 Å². The molecule has 1 saturated heterocycles. The molecule has 90 valence electrons. The van der Waals surface area contributed by atoms with Gasteiger partial charge >= 0.3 is 0 Å². The molecule has 1 amide bonds. The lowest BCUT2D eigenvalue weighted by molar-refractivity contribution is -0.135. The van der Waals surface area contributed by atoms with Crippen molar-refractivity contribution in [2.45, 2.75) is 25.0 Å². The van der Waals surface area contributed by atoms with Gasteiger partial charge in [0.15, 0.2) is 26.2 Å². The molecular weight excluding hydrogens is 234 g/mol. The van der Waals surface area contributed by atoms with Crippen LogP contribution in [0.1, 0.15) is 20.3 Å². The summed E-state index contributed by atoms with van der Waals surface area (Å²) in [6.45, 7) is 2.26. The maximum Gasteiger partial charge on any atom is 0.227 e. The van der Waals surface area contributed by atoms with Crippen molar-refractivity contribution in [1.29, 1.82) is 0 Å². The van der Waals surface area contributed by atoms with Crippen LogP contribution in [-0.4, -0.2) is 36.4 Å². The summed E-state index contributed by atoms with van der Waals surface area (Å²) < 4.78 is 21.2. The fraction of sp³-hybridized carbons (Fsp3) is 0.667. The van der Waals surface area contributed by atoms with Gasteiger partial charge in [-0.2, -0.15) is 0 Å². The van der Waals surface area contributed by atoms with Crippen molar-refractivity contribution in [3.05, 3.63) is 0 Å². The average Bonchev–Trinajstić information content (AvgIpc) is 2.40. The van der Waals surface area contributed by atoms with E-state index in [0.29, 0.717) is 0 Å². The lowest BCUT2D eigenvalue weighted by Crippen LogP contribution is -2.50. The predicted octanol–water partition coefficient (Wildman–Crippen LogP) is -1.18. The van der Waals surface area contributed by atoms with Crippen LogP contribution in [0.25, 0.3) is 0 Å². The number of nitrogens with two attached hydrogens (primary N) is 1. The minimum Gasteiger partial charge on any atom is -0.369 e. The van der Waals surface area contributed by atoms with Crippen molar-refractivity contribution in [3.8, 4) is 0 Å². The fourth-order valence-electron chi connectivity index (χ4n) is 1.68. The van der Waals surface area contributed by atoms with Crippen molar-refractivity contribution in [2.75, 3.05) is 5.75 Å². The van der Waals surface area contributed by atoms with Gasteiger partial charge in [0.25, 0.3) is 0 Å². The molecule has 2 unspecified atom stereocenters. The Labute approximate surface area is 93.1 Å². The van der Waals surface area contributed by atoms with Crippen LogP contribution in [0.15, 0.2) is 0 Å². The number of carbonyl (C=O) groups is 3. The normalized spacial score (nSPS) is 30.0. The van der Waals surface area contributed by atoms with E-state index in [4.69, 9.17) is 5.73 Å². The van der Waals surface area contributed by atoms with Crippen LogP contribution >= 0.6 is 0 Å². The topological polar surface area (TPSA) is 111 Å². The largest absolute Gasteiger partial charge is 0.369 e. The Balaban J connectivity index is 3.25. The summed E-state index contributed by atoms with van der Waals surface area (Å²) in [6.07, 6.45) is -0.184. The molecule has 1 fully saturated rings. The highest BCUT2D eigenvalue weighted by atomic mass is 32.2. The zero-order valence-electron chi connectivity index (χ0n) is 9.02. The van der Waals surface area contributed by atoms with Crippen molar-refractivity contribution >= 4 is 27.3 Å². The standard InChI is InChI=1S/C9H13NO5S/c1-5(8(10)13)7(12)9(2)6(11)3-4-16(9,14)15/h5H,3-4H2,1-2H3,(H2,10,13). The fourth-order valence-corrected chi connectivity index (χ4v) is 3.47. The van der Waals surface area contributed by atoms with E-state index in [0.717, 1.165) is 6.92 Å². The molecule has 1 aliphatic heterocycles. The quantitative estimate of drug-likeness (QED) is 0.631. The summed E-state index contributed by atoms with van der Waals surface area (Å²) in [7, 11) is -3.82. The Bertz CT molecular complexity index is 466. The molecule has 2 N–H and O–H groups in total. The van der Waals surface area contributed by atoms with Gasteiger partial charge in [-0.15, -0.1) is 0 Å². The van der Waals surface area contributed by atoms with Crippen molar-refractivity contribution < 1.29 is 22.8 Å². The highest BCUT2D eigenvalue weighted by molar-refractivity contribution is 7.95. The molecule has 16 heavy (non-hydrogen) atoms. The maximum atomic E-state index is 11.8. The Kier molecular flexibility index (Phi) is 2.93. The summed E-state index contributed by atoms with van der Waals surface area (Å²) in [5, 5.41) is 0. The van der Waals surface area contributed by atoms with E-state index in [1.807, 2.05) is 0 Å². The minimum absolute atomic E-state index is 0.184. The molecular formula is C9H13NO5S. The third-order valence-corrected chi connectivity index (χ3v) is 5.46. The first kappa shape index (κ1) is 12.8. The van der Waals surface area contributed by atoms with Gasteiger partial charge in [-0.1, -0.05) is 0 Å². The summed E-state index contributed by atoms with van der Waals surface area (Å²) >= 11 is 0. The van der Waals surface area contributed by atoms with Gasteiger partial charge in [-0.3, -0.25) is 14.4 Å². The van der Waals surface area contributed by atoms with E-state index >= 15 is 0 Å². The predicted molar refractivity (Wildman–Crippen MR) is 55.2 cm³/mol. The van der Waals surface area contributed by atoms with Crippen LogP contribution in [-0.2, 0) is 24.2 Å². The monoisotopic (exact) mass is 247 g/mol. The summed E-state index contributed by atoms with van der Waals surface area (Å²) in [6, 6.07) is 0. The first-order valence-electron chi connectivity index (χ1n) is 4.74. The number of sulfone groups is 1. The molecule has 0 aromatic heterocycles. The van der Waals surface area contributed by atoms with Crippen LogP contribution in [0.2, 0.25) is 0 Å². The summed E-state index contributed by atoms with van der Waals surface area (Å²) in [5.74, 6) is -4.14. The molecule has 0 bridgehead atoms. The van der Waals surface area contributed by atoms with E-state index in [1.54, 1.807) is 0 Å². The highest BCUT2D eigenvalue weighted by Crippen LogP contribution is 2.31. The Hall–Kier alpha value is -1.24. The number of carbonyl (C=O) groups excluding carboxylic acids is 3. The summed E-state index contributed by atoms with van der Waals surface area (Å²) in [4.78, 5) is 34.2. The van der Waals surface area contributed by atoms with E-state index in [-0.39, 0.29) is 12.2 Å². The van der Waals surface area contributed by atoms with Crippen molar-refractivity contribution in [2.24, 2.45) is 11.7 Å². The molecule has 0 spiro atoms. The SMILES string of the molecule is CC(C(N)=O)C(=O)C1(C)C(=O)CCS1(=O)=O. The number of hydrogen-bond donors (Lipinski definition) is 1. The van der Waals surface area contributed by atoms with Crippen LogP contribution in [0.3, 0.4) is 0 Å². The molecule has 0 aliphatic carbocycles. The summed E-state index contributed by atoms with van der Waals surface area (Å²) in [5.41, 5.74) is 4.93. The molecule has 6 nitrogen and oxygen atoms in total. The molecule has 1 aliphatic rings. The number of ketones is 2. The molecule has 0 radical (unpaired) electrons. The first-order valence-corrected chi connectivity index (χ1v) is 6.39. The van der Waals surface area contributed by atoms with E-state index < -0.39 is 38.0 Å². The van der Waals surface area contributed by atoms with Crippen LogP contribution in [0.4, 0.5) is 0 Å². The zero-order chi connectivity index (χ0) is 12.7. The number of primary amides is 1. The Morgan fingerprint density at radius 1 is 1.44 bits per heavy atom. The highest BCUT2D eigenvalue weighted by Gasteiger charge is 2.57. The Morgan fingerprint density at radius 3 is 2.25 bits per heavy atom. The van der Waals surface area contributed by atoms with Crippen LogP contribution < -0.4 is 5.73 Å². The molecule has 1 heterocycles. The maximum absolute atomic E-state index is 11.8. The number of rotatable bonds is 3. The molecule has 1 rings (SSSR count). The zero-order valence-corrected chi connectivity index (χ0v) is 9.83. The second kappa shape index (κ2) is 3.65. The van der Waals surface area contributed by atoms with Gasteiger partial charge in [0.2, 0.25) is 5.91 Å². The first-order chi connectivity index (χ1) is 7.14. The average molecular weight is 247 g/mol. The van der Waals surface area contributed by atoms with Crippen LogP contribution in [0.5, 0.6) is 0 Å². The van der Waals surface area contributed by atoms with Crippen molar-refractivity contribution in [1.82, 2.24) is 0 Å². The molecule has 0 aromatic rings. The third-order valence-electron chi connectivity index (χ3n) is 3.04. The molecule has 0 aromatic carbocycles. The Morgan fingerprint density at radius 2 is 1.94 bits per heavy atom. The van der Waals surface area contributed by atoms with Gasteiger partial charge in [0, 0.05) is 6.42 Å². The van der Waals surface area contributed by atoms with Gasteiger partial charge in [-0.05, 0) is 13.8 Å². The van der Waals surface area contributed by atoms with Gasteiger partial charge in [-0.25, -0.2) is 8.42 Å². The second-order valence-corrected chi connectivity index (χ2v) is 6.47. The van der Waals surface area contributed by atoms with E-state index in [2.05, 4.69) is 0 Å². The number of hydrogen-bond acceptors (Lipinski definition) is 5. The van der Waals surface area contributed by atoms with E-state index in [9.17, 15) is 22.8 Å². The smallest absolute Gasteiger partial charge is 0.227 e. The molecule has 0 saturated carbocycles. The van der Waals surface area contributed by atoms with Gasteiger partial charge in [0.1, 0.15) is 0 Å². The number of Topliss-reactive ketones (excluding diaryl/α,β-unsaturated/α-hetero) is 2.